The summed E-state index contributed by atoms with van der Waals surface area (Å²) in [6.45, 7) is 2.07. The van der Waals surface area contributed by atoms with Crippen molar-refractivity contribution in [3.8, 4) is 11.5 Å². The number of benzene rings is 1. The second-order valence-corrected chi connectivity index (χ2v) is 4.23. The summed E-state index contributed by atoms with van der Waals surface area (Å²) in [6.07, 6.45) is 1.14. The van der Waals surface area contributed by atoms with Gasteiger partial charge in [0.05, 0.1) is 14.2 Å². The SMILES string of the molecule is COc1cc2c(cc1OC)[C@@H](C)CC(=O)C2. The molecule has 0 saturated heterocycles. The third kappa shape index (κ3) is 1.77. The fourth-order valence-electron chi connectivity index (χ4n) is 2.28. The summed E-state index contributed by atoms with van der Waals surface area (Å²) in [5, 5.41) is 0. The number of methoxy groups -OCH3 is 2. The van der Waals surface area contributed by atoms with Crippen LogP contribution in [-0.4, -0.2) is 20.0 Å². The van der Waals surface area contributed by atoms with Crippen molar-refractivity contribution in [3.05, 3.63) is 23.3 Å². The molecule has 16 heavy (non-hydrogen) atoms. The molecule has 0 spiro atoms. The summed E-state index contributed by atoms with van der Waals surface area (Å²) >= 11 is 0. The molecule has 0 radical (unpaired) electrons. The zero-order valence-corrected chi connectivity index (χ0v) is 9.87. The predicted octanol–water partition coefficient (Wildman–Crippen LogP) is 2.32. The normalized spacial score (nSPS) is 19.2. The summed E-state index contributed by atoms with van der Waals surface area (Å²) < 4.78 is 10.5. The Bertz CT molecular complexity index is 423. The van der Waals surface area contributed by atoms with E-state index in [-0.39, 0.29) is 5.92 Å². The summed E-state index contributed by atoms with van der Waals surface area (Å²) in [4.78, 5) is 11.5. The van der Waals surface area contributed by atoms with E-state index in [0.717, 1.165) is 11.3 Å². The lowest BCUT2D eigenvalue weighted by molar-refractivity contribution is -0.119. The number of carbonyl (C=O) groups is 1. The monoisotopic (exact) mass is 220 g/mol. The van der Waals surface area contributed by atoms with Crippen molar-refractivity contribution in [2.45, 2.75) is 25.7 Å². The Hall–Kier alpha value is -1.51. The highest BCUT2D eigenvalue weighted by Crippen LogP contribution is 2.37. The molecule has 0 N–H and O–H groups in total. The van der Waals surface area contributed by atoms with E-state index in [2.05, 4.69) is 6.92 Å². The molecule has 0 saturated carbocycles. The van der Waals surface area contributed by atoms with Crippen LogP contribution in [-0.2, 0) is 11.2 Å². The van der Waals surface area contributed by atoms with Crippen LogP contribution >= 0.6 is 0 Å². The average molecular weight is 220 g/mol. The Morgan fingerprint density at radius 1 is 1.19 bits per heavy atom. The zero-order chi connectivity index (χ0) is 11.7. The molecule has 0 aromatic heterocycles. The van der Waals surface area contributed by atoms with Crippen LogP contribution in [0, 0.1) is 0 Å². The fourth-order valence-corrected chi connectivity index (χ4v) is 2.28. The minimum Gasteiger partial charge on any atom is -0.493 e. The van der Waals surface area contributed by atoms with Crippen LogP contribution in [0.5, 0.6) is 11.5 Å². The topological polar surface area (TPSA) is 35.5 Å². The Morgan fingerprint density at radius 3 is 2.44 bits per heavy atom. The molecule has 3 nitrogen and oxygen atoms in total. The van der Waals surface area contributed by atoms with Gasteiger partial charge in [-0.1, -0.05) is 6.92 Å². The Labute approximate surface area is 95.4 Å². The van der Waals surface area contributed by atoms with Gasteiger partial charge in [0, 0.05) is 12.8 Å². The quantitative estimate of drug-likeness (QED) is 0.767. The average Bonchev–Trinajstić information content (AvgIpc) is 2.27. The van der Waals surface area contributed by atoms with Gasteiger partial charge < -0.3 is 9.47 Å². The van der Waals surface area contributed by atoms with E-state index in [0.29, 0.717) is 24.4 Å². The van der Waals surface area contributed by atoms with Gasteiger partial charge >= 0.3 is 0 Å². The first-order chi connectivity index (χ1) is 7.65. The third-order valence-corrected chi connectivity index (χ3v) is 3.10. The van der Waals surface area contributed by atoms with Crippen molar-refractivity contribution in [1.82, 2.24) is 0 Å². The lowest BCUT2D eigenvalue weighted by Crippen LogP contribution is -2.16. The number of carbonyl (C=O) groups excluding carboxylic acids is 1. The molecule has 1 aromatic carbocycles. The van der Waals surface area contributed by atoms with Crippen molar-refractivity contribution in [3.63, 3.8) is 0 Å². The predicted molar refractivity (Wildman–Crippen MR) is 61.3 cm³/mol. The number of ketones is 1. The van der Waals surface area contributed by atoms with Gasteiger partial charge in [-0.3, -0.25) is 4.79 Å². The van der Waals surface area contributed by atoms with E-state index in [1.54, 1.807) is 14.2 Å². The first-order valence-electron chi connectivity index (χ1n) is 5.42. The zero-order valence-electron chi connectivity index (χ0n) is 9.87. The molecule has 1 atom stereocenters. The standard InChI is InChI=1S/C13H16O3/c1-8-4-10(14)5-9-6-12(15-2)13(16-3)7-11(8)9/h6-8H,4-5H2,1-3H3/t8-/m0/s1. The van der Waals surface area contributed by atoms with Crippen molar-refractivity contribution >= 4 is 5.78 Å². The smallest absolute Gasteiger partial charge is 0.161 e. The van der Waals surface area contributed by atoms with Crippen LogP contribution in [0.3, 0.4) is 0 Å². The fraction of sp³-hybridized carbons (Fsp3) is 0.462. The highest BCUT2D eigenvalue weighted by atomic mass is 16.5. The van der Waals surface area contributed by atoms with Gasteiger partial charge in [0.25, 0.3) is 0 Å². The molecule has 0 heterocycles. The molecular weight excluding hydrogens is 204 g/mol. The Balaban J connectivity index is 2.51. The lowest BCUT2D eigenvalue weighted by atomic mass is 9.83. The second kappa shape index (κ2) is 4.16. The largest absolute Gasteiger partial charge is 0.493 e. The maximum Gasteiger partial charge on any atom is 0.161 e. The van der Waals surface area contributed by atoms with Crippen LogP contribution in [0.1, 0.15) is 30.4 Å². The van der Waals surface area contributed by atoms with Crippen molar-refractivity contribution in [2.75, 3.05) is 14.2 Å². The number of hydrogen-bond donors (Lipinski definition) is 0. The molecule has 0 amide bonds. The first kappa shape index (κ1) is 11.0. The Kier molecular flexibility index (Phi) is 2.86. The molecule has 0 unspecified atom stereocenters. The lowest BCUT2D eigenvalue weighted by Gasteiger charge is -2.23. The van der Waals surface area contributed by atoms with E-state index >= 15 is 0 Å². The number of hydrogen-bond acceptors (Lipinski definition) is 3. The van der Waals surface area contributed by atoms with Crippen LogP contribution < -0.4 is 9.47 Å². The van der Waals surface area contributed by atoms with E-state index in [1.165, 1.54) is 5.56 Å². The molecule has 0 aliphatic heterocycles. The summed E-state index contributed by atoms with van der Waals surface area (Å²) in [6, 6.07) is 3.91. The molecule has 3 heteroatoms. The molecule has 1 aliphatic rings. The van der Waals surface area contributed by atoms with Crippen LogP contribution in [0.4, 0.5) is 0 Å². The molecular formula is C13H16O3. The van der Waals surface area contributed by atoms with Gasteiger partial charge in [0.2, 0.25) is 0 Å². The maximum absolute atomic E-state index is 11.5. The molecule has 0 fully saturated rings. The van der Waals surface area contributed by atoms with Gasteiger partial charge in [-0.25, -0.2) is 0 Å². The molecule has 86 valence electrons. The number of rotatable bonds is 2. The van der Waals surface area contributed by atoms with Crippen molar-refractivity contribution in [1.29, 1.82) is 0 Å². The molecule has 1 aliphatic carbocycles. The highest BCUT2D eigenvalue weighted by Gasteiger charge is 2.24. The van der Waals surface area contributed by atoms with E-state index in [9.17, 15) is 4.79 Å². The van der Waals surface area contributed by atoms with E-state index < -0.39 is 0 Å². The maximum atomic E-state index is 11.5. The number of ether oxygens (including phenoxy) is 2. The minimum absolute atomic E-state index is 0.274. The van der Waals surface area contributed by atoms with E-state index in [4.69, 9.17) is 9.47 Å². The molecule has 0 bridgehead atoms. The highest BCUT2D eigenvalue weighted by molar-refractivity contribution is 5.84. The van der Waals surface area contributed by atoms with Crippen LogP contribution in [0.25, 0.3) is 0 Å². The number of fused-ring (bicyclic) bond motifs is 1. The summed E-state index contributed by atoms with van der Waals surface area (Å²) in [5.74, 6) is 2.01. The van der Waals surface area contributed by atoms with Gasteiger partial charge in [-0.2, -0.15) is 0 Å². The molecule has 2 rings (SSSR count). The minimum atomic E-state index is 0.274. The Morgan fingerprint density at radius 2 is 1.81 bits per heavy atom. The van der Waals surface area contributed by atoms with Crippen molar-refractivity contribution < 1.29 is 14.3 Å². The third-order valence-electron chi connectivity index (χ3n) is 3.10. The van der Waals surface area contributed by atoms with Gasteiger partial charge in [0.15, 0.2) is 11.5 Å². The van der Waals surface area contributed by atoms with Gasteiger partial charge in [-0.05, 0) is 29.2 Å². The van der Waals surface area contributed by atoms with Gasteiger partial charge in [0.1, 0.15) is 5.78 Å². The summed E-state index contributed by atoms with van der Waals surface area (Å²) in [7, 11) is 3.24. The van der Waals surface area contributed by atoms with Crippen molar-refractivity contribution in [2.24, 2.45) is 0 Å². The second-order valence-electron chi connectivity index (χ2n) is 4.23. The van der Waals surface area contributed by atoms with Crippen LogP contribution in [0.15, 0.2) is 12.1 Å². The first-order valence-corrected chi connectivity index (χ1v) is 5.42. The summed E-state index contributed by atoms with van der Waals surface area (Å²) in [5.41, 5.74) is 2.28. The van der Waals surface area contributed by atoms with Crippen LogP contribution in [0.2, 0.25) is 0 Å². The molecule has 1 aromatic rings. The van der Waals surface area contributed by atoms with E-state index in [1.807, 2.05) is 12.1 Å². The number of Topliss-reactive ketones (excluding diaryl/α,β-unsaturated/α-hetero) is 1. The van der Waals surface area contributed by atoms with Gasteiger partial charge in [-0.15, -0.1) is 0 Å².